The van der Waals surface area contributed by atoms with Crippen LogP contribution in [-0.4, -0.2) is 24.7 Å². The molecule has 2 aromatic rings. The molecule has 0 spiro atoms. The number of aliphatic hydroxyl groups is 1. The first-order valence-electron chi connectivity index (χ1n) is 3.58. The number of hydrogen-bond acceptors (Lipinski definition) is 4. The molecule has 5 heteroatoms. The second kappa shape index (κ2) is 2.53. The summed E-state index contributed by atoms with van der Waals surface area (Å²) in [6.45, 7) is 1.77. The topological polar surface area (TPSA) is 63.3 Å². The third kappa shape index (κ3) is 1.04. The van der Waals surface area contributed by atoms with Gasteiger partial charge in [0.2, 0.25) is 0 Å². The van der Waals surface area contributed by atoms with Crippen molar-refractivity contribution in [1.29, 1.82) is 0 Å². The number of aromatic nitrogens is 4. The summed E-state index contributed by atoms with van der Waals surface area (Å²) >= 11 is 0. The zero-order valence-corrected chi connectivity index (χ0v) is 6.60. The largest absolute Gasteiger partial charge is 0.388 e. The van der Waals surface area contributed by atoms with Crippen molar-refractivity contribution in [2.24, 2.45) is 0 Å². The molecule has 0 aliphatic rings. The third-order valence-corrected chi connectivity index (χ3v) is 1.51. The Morgan fingerprint density at radius 3 is 3.17 bits per heavy atom. The summed E-state index contributed by atoms with van der Waals surface area (Å²) < 4.78 is 1.56. The number of aryl methyl sites for hydroxylation is 1. The lowest BCUT2D eigenvalue weighted by Gasteiger charge is -1.90. The van der Waals surface area contributed by atoms with Crippen LogP contribution in [0.1, 0.15) is 11.4 Å². The van der Waals surface area contributed by atoms with Crippen LogP contribution in [0.2, 0.25) is 0 Å². The molecule has 0 atom stereocenters. The zero-order valence-electron chi connectivity index (χ0n) is 6.60. The molecular formula is C7H8N4O. The SMILES string of the molecule is Cc1cnc2nc(CO)nn2c1. The fraction of sp³-hybridized carbons (Fsp3) is 0.286. The third-order valence-electron chi connectivity index (χ3n) is 1.51. The Balaban J connectivity index is 2.67. The molecule has 2 aromatic heterocycles. The van der Waals surface area contributed by atoms with E-state index in [4.69, 9.17) is 5.11 Å². The summed E-state index contributed by atoms with van der Waals surface area (Å²) in [7, 11) is 0. The lowest BCUT2D eigenvalue weighted by atomic mass is 10.4. The van der Waals surface area contributed by atoms with E-state index >= 15 is 0 Å². The van der Waals surface area contributed by atoms with Crippen LogP contribution >= 0.6 is 0 Å². The molecule has 5 nitrogen and oxygen atoms in total. The van der Waals surface area contributed by atoms with Gasteiger partial charge in [0, 0.05) is 12.4 Å². The number of rotatable bonds is 1. The van der Waals surface area contributed by atoms with Crippen LogP contribution in [0.25, 0.3) is 5.78 Å². The van der Waals surface area contributed by atoms with Crippen LogP contribution in [0.5, 0.6) is 0 Å². The highest BCUT2D eigenvalue weighted by Crippen LogP contribution is 1.99. The van der Waals surface area contributed by atoms with Crippen molar-refractivity contribution in [3.63, 3.8) is 0 Å². The van der Waals surface area contributed by atoms with Crippen LogP contribution < -0.4 is 0 Å². The molecule has 0 bridgehead atoms. The summed E-state index contributed by atoms with van der Waals surface area (Å²) in [5.41, 5.74) is 1.01. The molecule has 0 amide bonds. The van der Waals surface area contributed by atoms with Gasteiger partial charge in [-0.2, -0.15) is 4.98 Å². The molecular weight excluding hydrogens is 156 g/mol. The van der Waals surface area contributed by atoms with E-state index in [9.17, 15) is 0 Å². The Hall–Kier alpha value is -1.49. The normalized spacial score (nSPS) is 10.8. The van der Waals surface area contributed by atoms with Crippen molar-refractivity contribution in [3.05, 3.63) is 23.8 Å². The molecule has 2 rings (SSSR count). The maximum absolute atomic E-state index is 8.74. The summed E-state index contributed by atoms with van der Waals surface area (Å²) in [5.74, 6) is 0.915. The number of fused-ring (bicyclic) bond motifs is 1. The van der Waals surface area contributed by atoms with Gasteiger partial charge < -0.3 is 5.11 Å². The van der Waals surface area contributed by atoms with Crippen LogP contribution in [0.4, 0.5) is 0 Å². The van der Waals surface area contributed by atoms with E-state index in [1.54, 1.807) is 10.7 Å². The highest BCUT2D eigenvalue weighted by molar-refractivity contribution is 5.26. The van der Waals surface area contributed by atoms with Gasteiger partial charge >= 0.3 is 0 Å². The Labute approximate surface area is 68.7 Å². The second-order valence-electron chi connectivity index (χ2n) is 2.56. The van der Waals surface area contributed by atoms with Crippen LogP contribution in [-0.2, 0) is 6.61 Å². The fourth-order valence-electron chi connectivity index (χ4n) is 0.985. The molecule has 0 fully saturated rings. The van der Waals surface area contributed by atoms with Gasteiger partial charge in [-0.15, -0.1) is 5.10 Å². The van der Waals surface area contributed by atoms with Crippen molar-refractivity contribution in [1.82, 2.24) is 19.6 Å². The highest BCUT2D eigenvalue weighted by Gasteiger charge is 2.01. The number of hydrogen-bond donors (Lipinski definition) is 1. The monoisotopic (exact) mass is 164 g/mol. The zero-order chi connectivity index (χ0) is 8.55. The smallest absolute Gasteiger partial charge is 0.252 e. The Morgan fingerprint density at radius 2 is 2.42 bits per heavy atom. The average Bonchev–Trinajstić information content (AvgIpc) is 2.46. The van der Waals surface area contributed by atoms with E-state index in [0.29, 0.717) is 11.6 Å². The van der Waals surface area contributed by atoms with Crippen molar-refractivity contribution in [3.8, 4) is 0 Å². The van der Waals surface area contributed by atoms with E-state index in [1.165, 1.54) is 0 Å². The molecule has 2 heterocycles. The quantitative estimate of drug-likeness (QED) is 0.640. The Bertz CT molecular complexity index is 409. The summed E-state index contributed by atoms with van der Waals surface area (Å²) in [4.78, 5) is 7.99. The van der Waals surface area contributed by atoms with Gasteiger partial charge in [0.1, 0.15) is 6.61 Å². The molecule has 0 aliphatic carbocycles. The van der Waals surface area contributed by atoms with Crippen LogP contribution in [0, 0.1) is 6.92 Å². The van der Waals surface area contributed by atoms with Crippen molar-refractivity contribution in [2.75, 3.05) is 0 Å². The minimum absolute atomic E-state index is 0.150. The van der Waals surface area contributed by atoms with Gasteiger partial charge in [0.25, 0.3) is 5.78 Å². The maximum atomic E-state index is 8.74. The van der Waals surface area contributed by atoms with Crippen molar-refractivity contribution >= 4 is 5.78 Å². The number of aliphatic hydroxyl groups excluding tert-OH is 1. The molecule has 62 valence electrons. The summed E-state index contributed by atoms with van der Waals surface area (Å²) in [5, 5.41) is 12.7. The van der Waals surface area contributed by atoms with E-state index in [0.717, 1.165) is 5.56 Å². The standard InChI is InChI=1S/C7H8N4O/c1-5-2-8-7-9-6(4-12)10-11(7)3-5/h2-3,12H,4H2,1H3. The summed E-state index contributed by atoms with van der Waals surface area (Å²) in [6, 6.07) is 0. The second-order valence-corrected chi connectivity index (χ2v) is 2.56. The first-order valence-corrected chi connectivity index (χ1v) is 3.58. The van der Waals surface area contributed by atoms with Crippen molar-refractivity contribution < 1.29 is 5.11 Å². The molecule has 12 heavy (non-hydrogen) atoms. The van der Waals surface area contributed by atoms with Gasteiger partial charge in [-0.25, -0.2) is 9.50 Å². The predicted molar refractivity (Wildman–Crippen MR) is 41.4 cm³/mol. The van der Waals surface area contributed by atoms with Gasteiger partial charge in [-0.3, -0.25) is 0 Å². The van der Waals surface area contributed by atoms with Crippen LogP contribution in [0.15, 0.2) is 12.4 Å². The fourth-order valence-corrected chi connectivity index (χ4v) is 0.985. The minimum atomic E-state index is -0.150. The van der Waals surface area contributed by atoms with Gasteiger partial charge in [0.05, 0.1) is 0 Å². The lowest BCUT2D eigenvalue weighted by molar-refractivity contribution is 0.271. The molecule has 0 saturated heterocycles. The minimum Gasteiger partial charge on any atom is -0.388 e. The summed E-state index contributed by atoms with van der Waals surface area (Å²) in [6.07, 6.45) is 3.53. The van der Waals surface area contributed by atoms with E-state index < -0.39 is 0 Å². The van der Waals surface area contributed by atoms with Gasteiger partial charge in [0.15, 0.2) is 5.82 Å². The Kier molecular flexibility index (Phi) is 1.51. The van der Waals surface area contributed by atoms with E-state index in [1.807, 2.05) is 13.1 Å². The van der Waals surface area contributed by atoms with Crippen molar-refractivity contribution in [2.45, 2.75) is 13.5 Å². The average molecular weight is 164 g/mol. The molecule has 0 unspecified atom stereocenters. The molecule has 0 aromatic carbocycles. The molecule has 0 aliphatic heterocycles. The first-order chi connectivity index (χ1) is 5.79. The van der Waals surface area contributed by atoms with E-state index in [2.05, 4.69) is 15.1 Å². The number of nitrogens with zero attached hydrogens (tertiary/aromatic N) is 4. The lowest BCUT2D eigenvalue weighted by Crippen LogP contribution is -1.91. The molecule has 0 saturated carbocycles. The van der Waals surface area contributed by atoms with E-state index in [-0.39, 0.29) is 6.61 Å². The Morgan fingerprint density at radius 1 is 1.58 bits per heavy atom. The first kappa shape index (κ1) is 7.17. The van der Waals surface area contributed by atoms with Gasteiger partial charge in [-0.1, -0.05) is 0 Å². The maximum Gasteiger partial charge on any atom is 0.252 e. The molecule has 1 N–H and O–H groups in total. The van der Waals surface area contributed by atoms with Crippen LogP contribution in [0.3, 0.4) is 0 Å². The highest BCUT2D eigenvalue weighted by atomic mass is 16.3. The van der Waals surface area contributed by atoms with Gasteiger partial charge in [-0.05, 0) is 12.5 Å². The molecule has 0 radical (unpaired) electrons. The predicted octanol–water partition coefficient (Wildman–Crippen LogP) is -0.0750.